The van der Waals surface area contributed by atoms with E-state index in [0.29, 0.717) is 18.7 Å². The molecule has 0 bridgehead atoms. The Morgan fingerprint density at radius 2 is 1.94 bits per heavy atom. The molecule has 0 unspecified atom stereocenters. The highest BCUT2D eigenvalue weighted by Gasteiger charge is 2.67. The van der Waals surface area contributed by atoms with Crippen molar-refractivity contribution in [2.75, 3.05) is 13.1 Å². The molecular weight excluding hydrogens is 409 g/mol. The summed E-state index contributed by atoms with van der Waals surface area (Å²) < 4.78 is 45.9. The molecule has 2 aliphatic heterocycles. The van der Waals surface area contributed by atoms with E-state index < -0.39 is 34.4 Å². The molecule has 1 amide bonds. The number of ether oxygens (including phenoxy) is 1. The summed E-state index contributed by atoms with van der Waals surface area (Å²) in [5.74, 6) is -0.105. The minimum Gasteiger partial charge on any atom is -0.488 e. The fraction of sp³-hybridized carbons (Fsp3) is 0.545. The van der Waals surface area contributed by atoms with Crippen LogP contribution >= 0.6 is 0 Å². The molecule has 1 aliphatic carbocycles. The van der Waals surface area contributed by atoms with E-state index in [1.165, 1.54) is 6.07 Å². The van der Waals surface area contributed by atoms with Crippen LogP contribution in [-0.4, -0.2) is 46.7 Å². The lowest BCUT2D eigenvalue weighted by Gasteiger charge is -2.65. The van der Waals surface area contributed by atoms with Gasteiger partial charge in [0.15, 0.2) is 5.69 Å². The lowest BCUT2D eigenvalue weighted by atomic mass is 9.49. The third kappa shape index (κ3) is 3.20. The van der Waals surface area contributed by atoms with Gasteiger partial charge in [-0.05, 0) is 12.5 Å². The zero-order valence-electron chi connectivity index (χ0n) is 17.7. The maximum atomic E-state index is 13.3. The van der Waals surface area contributed by atoms with E-state index in [1.54, 1.807) is 0 Å². The third-order valence-electron chi connectivity index (χ3n) is 6.50. The van der Waals surface area contributed by atoms with E-state index in [9.17, 15) is 18.0 Å². The summed E-state index contributed by atoms with van der Waals surface area (Å²) in [5.41, 5.74) is -1.40. The van der Waals surface area contributed by atoms with Gasteiger partial charge in [-0.1, -0.05) is 33.8 Å². The average Bonchev–Trinajstić information content (AvgIpc) is 3.00. The molecule has 0 spiro atoms. The van der Waals surface area contributed by atoms with Gasteiger partial charge in [-0.2, -0.15) is 18.4 Å². The van der Waals surface area contributed by atoms with E-state index in [0.717, 1.165) is 24.4 Å². The lowest BCUT2D eigenvalue weighted by Crippen LogP contribution is -2.75. The molecule has 164 valence electrons. The molecule has 31 heavy (non-hydrogen) atoms. The van der Waals surface area contributed by atoms with E-state index >= 15 is 0 Å². The van der Waals surface area contributed by atoms with E-state index in [-0.39, 0.29) is 17.7 Å². The fourth-order valence-electron chi connectivity index (χ4n) is 5.72. The van der Waals surface area contributed by atoms with Gasteiger partial charge < -0.3 is 9.64 Å². The largest absolute Gasteiger partial charge is 0.488 e. The summed E-state index contributed by atoms with van der Waals surface area (Å²) in [6, 6.07) is 2.11. The number of alkyl halides is 3. The number of pyridine rings is 1. The van der Waals surface area contributed by atoms with Gasteiger partial charge >= 0.3 is 6.18 Å². The minimum absolute atomic E-state index is 0.0515. The molecule has 4 rings (SSSR count). The maximum absolute atomic E-state index is 13.3. The number of hydrogen-bond acceptors (Lipinski definition) is 5. The Morgan fingerprint density at radius 1 is 1.26 bits per heavy atom. The van der Waals surface area contributed by atoms with Crippen molar-refractivity contribution >= 4 is 11.6 Å². The number of rotatable bonds is 3. The van der Waals surface area contributed by atoms with Crippen LogP contribution in [0.2, 0.25) is 0 Å². The fourth-order valence-corrected chi connectivity index (χ4v) is 5.72. The van der Waals surface area contributed by atoms with Crippen molar-refractivity contribution in [1.29, 1.82) is 5.26 Å². The summed E-state index contributed by atoms with van der Waals surface area (Å²) in [6.45, 7) is 8.89. The number of aromatic nitrogens is 1. The first kappa shape index (κ1) is 21.3. The van der Waals surface area contributed by atoms with Gasteiger partial charge in [0, 0.05) is 23.4 Å². The normalized spacial score (nSPS) is 26.4. The van der Waals surface area contributed by atoms with Crippen molar-refractivity contribution < 1.29 is 22.7 Å². The second-order valence-electron chi connectivity index (χ2n) is 9.39. The number of fused-ring (bicyclic) bond motifs is 1. The SMILES string of the molecule is CC1(C)C(Oc2cnc(C#N)c(C(F)(F)F)c2)C(C)(C)C1N1CC2=NCCC=C2C1=O. The highest BCUT2D eigenvalue weighted by molar-refractivity contribution is 6.27. The summed E-state index contributed by atoms with van der Waals surface area (Å²) in [7, 11) is 0. The van der Waals surface area contributed by atoms with Crippen molar-refractivity contribution in [2.45, 2.75) is 52.4 Å². The van der Waals surface area contributed by atoms with Crippen molar-refractivity contribution in [3.63, 3.8) is 0 Å². The van der Waals surface area contributed by atoms with E-state index in [1.807, 2.05) is 38.7 Å². The quantitative estimate of drug-likeness (QED) is 0.729. The van der Waals surface area contributed by atoms with Gasteiger partial charge in [-0.3, -0.25) is 9.79 Å². The van der Waals surface area contributed by atoms with Crippen molar-refractivity contribution in [2.24, 2.45) is 15.8 Å². The monoisotopic (exact) mass is 432 g/mol. The summed E-state index contributed by atoms with van der Waals surface area (Å²) in [4.78, 5) is 22.9. The van der Waals surface area contributed by atoms with Crippen LogP contribution in [0.5, 0.6) is 5.75 Å². The van der Waals surface area contributed by atoms with Crippen LogP contribution in [-0.2, 0) is 11.0 Å². The molecule has 1 aromatic rings. The van der Waals surface area contributed by atoms with Gasteiger partial charge in [0.05, 0.1) is 29.6 Å². The molecule has 0 atom stereocenters. The summed E-state index contributed by atoms with van der Waals surface area (Å²) in [6.07, 6.45) is -1.36. The molecule has 1 saturated carbocycles. The number of carbonyl (C=O) groups excluding carboxylic acids is 1. The Bertz CT molecular complexity index is 1030. The van der Waals surface area contributed by atoms with Gasteiger partial charge in [0.1, 0.15) is 17.9 Å². The summed E-state index contributed by atoms with van der Waals surface area (Å²) >= 11 is 0. The Hall–Kier alpha value is -2.89. The first-order chi connectivity index (χ1) is 14.4. The molecule has 0 radical (unpaired) electrons. The highest BCUT2D eigenvalue weighted by atomic mass is 19.4. The molecule has 6 nitrogen and oxygen atoms in total. The zero-order chi connectivity index (χ0) is 22.8. The van der Waals surface area contributed by atoms with E-state index in [2.05, 4.69) is 9.98 Å². The smallest absolute Gasteiger partial charge is 0.419 e. The van der Waals surface area contributed by atoms with Gasteiger partial charge in [-0.25, -0.2) is 4.98 Å². The first-order valence-corrected chi connectivity index (χ1v) is 10.1. The molecule has 1 saturated heterocycles. The topological polar surface area (TPSA) is 78.6 Å². The van der Waals surface area contributed by atoms with Gasteiger partial charge in [0.2, 0.25) is 0 Å². The third-order valence-corrected chi connectivity index (χ3v) is 6.50. The number of amides is 1. The average molecular weight is 432 g/mol. The number of nitrogens with zero attached hydrogens (tertiary/aromatic N) is 4. The highest BCUT2D eigenvalue weighted by Crippen LogP contribution is 2.58. The predicted molar refractivity (Wildman–Crippen MR) is 106 cm³/mol. The molecule has 3 heterocycles. The standard InChI is InChI=1S/C22H23F3N4O2/c1-20(2)18(29-11-16-13(17(29)30)6-5-7-27-16)21(3,4)19(20)31-12-8-14(22(23,24)25)15(9-26)28-10-12/h6,8,10,18-19H,5,7,11H2,1-4H3. The minimum atomic E-state index is -4.71. The van der Waals surface area contributed by atoms with Crippen LogP contribution < -0.4 is 4.74 Å². The van der Waals surface area contributed by atoms with Crippen LogP contribution in [0, 0.1) is 22.2 Å². The Labute approximate surface area is 178 Å². The molecule has 3 aliphatic rings. The number of aliphatic imine (C=N–C) groups is 1. The number of halogens is 3. The number of hydrogen-bond donors (Lipinski definition) is 0. The molecule has 0 N–H and O–H groups in total. The maximum Gasteiger partial charge on any atom is 0.419 e. The van der Waals surface area contributed by atoms with Crippen LogP contribution in [0.4, 0.5) is 13.2 Å². The molecule has 2 fully saturated rings. The molecule has 1 aromatic heterocycles. The lowest BCUT2D eigenvalue weighted by molar-refractivity contribution is -0.206. The Morgan fingerprint density at radius 3 is 2.52 bits per heavy atom. The summed E-state index contributed by atoms with van der Waals surface area (Å²) in [5, 5.41) is 8.94. The van der Waals surface area contributed by atoms with Crippen LogP contribution in [0.15, 0.2) is 28.9 Å². The number of carbonyl (C=O) groups is 1. The Kier molecular flexibility index (Phi) is 4.69. The first-order valence-electron chi connectivity index (χ1n) is 10.1. The van der Waals surface area contributed by atoms with Gasteiger partial charge in [0.25, 0.3) is 5.91 Å². The van der Waals surface area contributed by atoms with Crippen molar-refractivity contribution in [3.8, 4) is 11.8 Å². The molecule has 9 heteroatoms. The second-order valence-corrected chi connectivity index (χ2v) is 9.39. The molecule has 0 aromatic carbocycles. The predicted octanol–water partition coefficient (Wildman–Crippen LogP) is 3.77. The number of nitriles is 1. The van der Waals surface area contributed by atoms with Crippen molar-refractivity contribution in [1.82, 2.24) is 9.88 Å². The van der Waals surface area contributed by atoms with Crippen LogP contribution in [0.3, 0.4) is 0 Å². The van der Waals surface area contributed by atoms with Crippen LogP contribution in [0.1, 0.15) is 45.4 Å². The zero-order valence-corrected chi connectivity index (χ0v) is 17.7. The van der Waals surface area contributed by atoms with E-state index in [4.69, 9.17) is 10.00 Å². The Balaban J connectivity index is 1.61. The second kappa shape index (κ2) is 6.81. The number of dihydropyridines is 1. The molecular formula is C22H23F3N4O2. The van der Waals surface area contributed by atoms with Crippen molar-refractivity contribution in [3.05, 3.63) is 35.2 Å². The number of likely N-dealkylation sites (tertiary alicyclic amines) is 1. The van der Waals surface area contributed by atoms with Gasteiger partial charge in [-0.15, -0.1) is 0 Å². The van der Waals surface area contributed by atoms with Crippen LogP contribution in [0.25, 0.3) is 0 Å².